The van der Waals surface area contributed by atoms with E-state index in [1.807, 2.05) is 0 Å². The highest BCUT2D eigenvalue weighted by molar-refractivity contribution is 4.60. The first-order chi connectivity index (χ1) is 7.83. The topological polar surface area (TPSA) is 83.0 Å². The van der Waals surface area contributed by atoms with Crippen LogP contribution in [0, 0.1) is 0 Å². The van der Waals surface area contributed by atoms with E-state index in [0.717, 1.165) is 32.8 Å². The first-order valence-corrected chi connectivity index (χ1v) is 5.74. The molecule has 0 radical (unpaired) electrons. The number of hydrogen-bond donors (Lipinski definition) is 2. The number of nitrogens with zero attached hydrogens (tertiary/aromatic N) is 1. The summed E-state index contributed by atoms with van der Waals surface area (Å²) < 4.78 is 15.8. The molecule has 0 aromatic heterocycles. The number of rotatable bonds is 8. The summed E-state index contributed by atoms with van der Waals surface area (Å²) in [4.78, 5) is 2.31. The third kappa shape index (κ3) is 6.37. The monoisotopic (exact) mass is 233 g/mol. The van der Waals surface area contributed by atoms with Crippen LogP contribution in [0.15, 0.2) is 0 Å². The minimum absolute atomic E-state index is 0.0946. The molecule has 1 aliphatic heterocycles. The fourth-order valence-corrected chi connectivity index (χ4v) is 1.40. The van der Waals surface area contributed by atoms with E-state index in [1.54, 1.807) is 0 Å². The van der Waals surface area contributed by atoms with Crippen molar-refractivity contribution in [2.45, 2.75) is 6.04 Å². The summed E-state index contributed by atoms with van der Waals surface area (Å²) in [6.45, 7) is 6.40. The lowest BCUT2D eigenvalue weighted by Gasteiger charge is -2.26. The third-order valence-electron chi connectivity index (χ3n) is 2.46. The number of ether oxygens (including phenoxy) is 3. The molecular weight excluding hydrogens is 210 g/mol. The van der Waals surface area contributed by atoms with E-state index in [9.17, 15) is 0 Å². The van der Waals surface area contributed by atoms with Gasteiger partial charge in [-0.15, -0.1) is 0 Å². The van der Waals surface area contributed by atoms with E-state index in [4.69, 9.17) is 25.7 Å². The molecule has 0 aromatic carbocycles. The third-order valence-corrected chi connectivity index (χ3v) is 2.46. The van der Waals surface area contributed by atoms with Crippen molar-refractivity contribution >= 4 is 0 Å². The molecule has 0 spiro atoms. The van der Waals surface area contributed by atoms with Crippen molar-refractivity contribution in [3.8, 4) is 0 Å². The lowest BCUT2D eigenvalue weighted by atomic mass is 10.3. The molecule has 0 saturated carbocycles. The van der Waals surface area contributed by atoms with Crippen LogP contribution in [0.2, 0.25) is 0 Å². The second-order valence-corrected chi connectivity index (χ2v) is 3.85. The van der Waals surface area contributed by atoms with Crippen LogP contribution in [0.25, 0.3) is 0 Å². The van der Waals surface area contributed by atoms with Gasteiger partial charge in [0.2, 0.25) is 0 Å². The Bertz CT molecular complexity index is 165. The van der Waals surface area contributed by atoms with Gasteiger partial charge in [-0.25, -0.2) is 0 Å². The standard InChI is InChI=1S/C10H23N3O3/c11-7-10(12)8-16-9-15-6-3-13-1-4-14-5-2-13/h10H,1-9,11-12H2/t10-/m0/s1. The lowest BCUT2D eigenvalue weighted by Crippen LogP contribution is -2.38. The van der Waals surface area contributed by atoms with Crippen molar-refractivity contribution in [3.63, 3.8) is 0 Å². The highest BCUT2D eigenvalue weighted by Gasteiger charge is 2.09. The van der Waals surface area contributed by atoms with Crippen LogP contribution in [0.3, 0.4) is 0 Å². The molecule has 4 N–H and O–H groups in total. The van der Waals surface area contributed by atoms with Gasteiger partial charge < -0.3 is 25.7 Å². The van der Waals surface area contributed by atoms with E-state index in [-0.39, 0.29) is 12.8 Å². The van der Waals surface area contributed by atoms with Crippen LogP contribution in [0.5, 0.6) is 0 Å². The number of nitrogens with two attached hydrogens (primary N) is 2. The second-order valence-electron chi connectivity index (χ2n) is 3.85. The van der Waals surface area contributed by atoms with Gasteiger partial charge in [-0.2, -0.15) is 0 Å². The first kappa shape index (κ1) is 13.8. The summed E-state index contributed by atoms with van der Waals surface area (Å²) in [5, 5.41) is 0. The Balaban J connectivity index is 1.84. The Morgan fingerprint density at radius 2 is 2.00 bits per heavy atom. The molecule has 1 heterocycles. The Labute approximate surface area is 96.8 Å². The highest BCUT2D eigenvalue weighted by atomic mass is 16.7. The molecule has 0 aromatic rings. The molecule has 0 amide bonds. The van der Waals surface area contributed by atoms with Gasteiger partial charge in [-0.3, -0.25) is 4.90 Å². The van der Waals surface area contributed by atoms with Crippen molar-refractivity contribution in [1.29, 1.82) is 0 Å². The first-order valence-electron chi connectivity index (χ1n) is 5.74. The fourth-order valence-electron chi connectivity index (χ4n) is 1.40. The van der Waals surface area contributed by atoms with Gasteiger partial charge in [0.05, 0.1) is 26.4 Å². The molecule has 0 unspecified atom stereocenters. The average molecular weight is 233 g/mol. The van der Waals surface area contributed by atoms with E-state index in [2.05, 4.69) is 4.90 Å². The van der Waals surface area contributed by atoms with Crippen molar-refractivity contribution < 1.29 is 14.2 Å². The van der Waals surface area contributed by atoms with Gasteiger partial charge in [0.15, 0.2) is 0 Å². The van der Waals surface area contributed by atoms with Gasteiger partial charge in [0.25, 0.3) is 0 Å². The second kappa shape index (κ2) is 8.86. The van der Waals surface area contributed by atoms with Crippen LogP contribution in [0.1, 0.15) is 0 Å². The van der Waals surface area contributed by atoms with Gasteiger partial charge in [0, 0.05) is 32.2 Å². The average Bonchev–Trinajstić information content (AvgIpc) is 2.34. The molecule has 0 bridgehead atoms. The quantitative estimate of drug-likeness (QED) is 0.396. The number of morpholine rings is 1. The van der Waals surface area contributed by atoms with E-state index < -0.39 is 0 Å². The molecule has 0 aliphatic carbocycles. The molecule has 96 valence electrons. The van der Waals surface area contributed by atoms with Crippen molar-refractivity contribution in [3.05, 3.63) is 0 Å². The maximum atomic E-state index is 5.58. The molecule has 1 fully saturated rings. The molecule has 1 atom stereocenters. The molecule has 16 heavy (non-hydrogen) atoms. The minimum Gasteiger partial charge on any atom is -0.379 e. The van der Waals surface area contributed by atoms with Gasteiger partial charge in [-0.1, -0.05) is 0 Å². The zero-order valence-electron chi connectivity index (χ0n) is 9.77. The fraction of sp³-hybridized carbons (Fsp3) is 1.00. The molecule has 6 nitrogen and oxygen atoms in total. The zero-order chi connectivity index (χ0) is 11.6. The Kier molecular flexibility index (Phi) is 7.65. The number of hydrogen-bond acceptors (Lipinski definition) is 6. The lowest BCUT2D eigenvalue weighted by molar-refractivity contribution is -0.0661. The van der Waals surface area contributed by atoms with E-state index in [1.165, 1.54) is 0 Å². The SMILES string of the molecule is NC[C@H](N)COCOCCN1CCOCC1. The van der Waals surface area contributed by atoms with Crippen LogP contribution < -0.4 is 11.5 Å². The molecule has 1 saturated heterocycles. The normalized spacial score (nSPS) is 19.9. The predicted molar refractivity (Wildman–Crippen MR) is 61.1 cm³/mol. The summed E-state index contributed by atoms with van der Waals surface area (Å²) >= 11 is 0. The molecule has 1 rings (SSSR count). The maximum absolute atomic E-state index is 5.58. The van der Waals surface area contributed by atoms with Crippen molar-refractivity contribution in [1.82, 2.24) is 4.90 Å². The van der Waals surface area contributed by atoms with Crippen LogP contribution in [0.4, 0.5) is 0 Å². The summed E-state index contributed by atoms with van der Waals surface area (Å²) in [7, 11) is 0. The van der Waals surface area contributed by atoms with Crippen molar-refractivity contribution in [2.24, 2.45) is 11.5 Å². The Hall–Kier alpha value is -0.240. The van der Waals surface area contributed by atoms with Crippen LogP contribution in [-0.4, -0.2) is 70.3 Å². The van der Waals surface area contributed by atoms with Gasteiger partial charge in [-0.05, 0) is 0 Å². The van der Waals surface area contributed by atoms with Crippen LogP contribution in [-0.2, 0) is 14.2 Å². The van der Waals surface area contributed by atoms with E-state index >= 15 is 0 Å². The molecular formula is C10H23N3O3. The van der Waals surface area contributed by atoms with Crippen LogP contribution >= 0.6 is 0 Å². The Morgan fingerprint density at radius 1 is 1.25 bits per heavy atom. The molecule has 6 heteroatoms. The summed E-state index contributed by atoms with van der Waals surface area (Å²) in [5.74, 6) is 0. The van der Waals surface area contributed by atoms with Gasteiger partial charge in [0.1, 0.15) is 6.79 Å². The minimum atomic E-state index is -0.0946. The van der Waals surface area contributed by atoms with Crippen molar-refractivity contribution in [2.75, 3.05) is 59.4 Å². The smallest absolute Gasteiger partial charge is 0.146 e. The highest BCUT2D eigenvalue weighted by Crippen LogP contribution is 1.95. The summed E-state index contributed by atoms with van der Waals surface area (Å²) in [6.07, 6.45) is 0. The summed E-state index contributed by atoms with van der Waals surface area (Å²) in [5.41, 5.74) is 10.9. The van der Waals surface area contributed by atoms with E-state index in [0.29, 0.717) is 19.8 Å². The predicted octanol–water partition coefficient (Wildman–Crippen LogP) is -1.40. The van der Waals surface area contributed by atoms with Gasteiger partial charge >= 0.3 is 0 Å². The zero-order valence-corrected chi connectivity index (χ0v) is 9.77. The summed E-state index contributed by atoms with van der Waals surface area (Å²) in [6, 6.07) is -0.0946. The Morgan fingerprint density at radius 3 is 2.69 bits per heavy atom. The molecule has 1 aliphatic rings. The largest absolute Gasteiger partial charge is 0.379 e. The maximum Gasteiger partial charge on any atom is 0.146 e.